The van der Waals surface area contributed by atoms with Crippen LogP contribution in [0.4, 0.5) is 10.5 Å². The van der Waals surface area contributed by atoms with Crippen LogP contribution in [0, 0.1) is 0 Å². The van der Waals surface area contributed by atoms with Crippen molar-refractivity contribution in [1.29, 1.82) is 0 Å². The van der Waals surface area contributed by atoms with E-state index in [0.29, 0.717) is 31.0 Å². The van der Waals surface area contributed by atoms with Crippen molar-refractivity contribution in [3.05, 3.63) is 24.3 Å². The summed E-state index contributed by atoms with van der Waals surface area (Å²) in [5.41, 5.74) is 11.1. The number of carbonyl (C=O) groups excluding carboxylic acids is 2. The van der Waals surface area contributed by atoms with Crippen molar-refractivity contribution < 1.29 is 14.3 Å². The monoisotopic (exact) mass is 344 g/mol. The zero-order chi connectivity index (χ0) is 16.4. The van der Waals surface area contributed by atoms with Gasteiger partial charge in [0.15, 0.2) is 0 Å². The summed E-state index contributed by atoms with van der Waals surface area (Å²) in [6.45, 7) is 2.89. The Morgan fingerprint density at radius 3 is 2.43 bits per heavy atom. The SMILES string of the molecule is CCCCC(NC(N)=O)C(=O)Nc1ccc(OCCN)cc1.Cl. The van der Waals surface area contributed by atoms with E-state index >= 15 is 0 Å². The van der Waals surface area contributed by atoms with Crippen LogP contribution in [0.2, 0.25) is 0 Å². The molecule has 0 radical (unpaired) electrons. The Labute approximate surface area is 142 Å². The lowest BCUT2D eigenvalue weighted by molar-refractivity contribution is -0.118. The quantitative estimate of drug-likeness (QED) is 0.544. The number of primary amides is 1. The molecule has 1 aromatic carbocycles. The Morgan fingerprint density at radius 1 is 1.26 bits per heavy atom. The van der Waals surface area contributed by atoms with E-state index in [-0.39, 0.29) is 18.3 Å². The standard InChI is InChI=1S/C15H24N4O3.ClH/c1-2-3-4-13(19-15(17)21)14(20)18-11-5-7-12(8-6-11)22-10-9-16;/h5-8,13H,2-4,9-10,16H2,1H3,(H,18,20)(H3,17,19,21);1H. The Morgan fingerprint density at radius 2 is 1.91 bits per heavy atom. The molecule has 0 saturated heterocycles. The molecule has 7 nitrogen and oxygen atoms in total. The van der Waals surface area contributed by atoms with Gasteiger partial charge < -0.3 is 26.8 Å². The molecule has 0 bridgehead atoms. The fraction of sp³-hybridized carbons (Fsp3) is 0.467. The maximum atomic E-state index is 12.2. The predicted molar refractivity (Wildman–Crippen MR) is 92.9 cm³/mol. The molecule has 23 heavy (non-hydrogen) atoms. The molecule has 0 spiro atoms. The van der Waals surface area contributed by atoms with Crippen molar-refractivity contribution in [2.45, 2.75) is 32.2 Å². The molecule has 0 saturated carbocycles. The third-order valence-electron chi connectivity index (χ3n) is 2.99. The van der Waals surface area contributed by atoms with Gasteiger partial charge in [-0.3, -0.25) is 4.79 Å². The third-order valence-corrected chi connectivity index (χ3v) is 2.99. The van der Waals surface area contributed by atoms with Gasteiger partial charge in [-0.1, -0.05) is 19.8 Å². The van der Waals surface area contributed by atoms with Crippen LogP contribution in [0.1, 0.15) is 26.2 Å². The second-order valence-corrected chi connectivity index (χ2v) is 4.85. The van der Waals surface area contributed by atoms with E-state index in [1.165, 1.54) is 0 Å². The van der Waals surface area contributed by atoms with Gasteiger partial charge in [0.1, 0.15) is 18.4 Å². The summed E-state index contributed by atoms with van der Waals surface area (Å²) in [6.07, 6.45) is 2.30. The molecule has 0 aliphatic rings. The van der Waals surface area contributed by atoms with E-state index < -0.39 is 12.1 Å². The maximum Gasteiger partial charge on any atom is 0.312 e. The smallest absolute Gasteiger partial charge is 0.312 e. The first-order chi connectivity index (χ1) is 10.6. The lowest BCUT2D eigenvalue weighted by atomic mass is 10.1. The summed E-state index contributed by atoms with van der Waals surface area (Å²) in [7, 11) is 0. The number of urea groups is 1. The second kappa shape index (κ2) is 11.6. The number of hydrogen-bond donors (Lipinski definition) is 4. The van der Waals surface area contributed by atoms with Crippen molar-refractivity contribution in [3.8, 4) is 5.75 Å². The van der Waals surface area contributed by atoms with Gasteiger partial charge in [-0.05, 0) is 30.7 Å². The van der Waals surface area contributed by atoms with Crippen molar-refractivity contribution in [2.24, 2.45) is 11.5 Å². The summed E-state index contributed by atoms with van der Waals surface area (Å²) in [6, 6.07) is 5.60. The highest BCUT2D eigenvalue weighted by Gasteiger charge is 2.19. The van der Waals surface area contributed by atoms with Crippen LogP contribution < -0.4 is 26.8 Å². The number of anilines is 1. The Hall–Kier alpha value is -1.99. The zero-order valence-electron chi connectivity index (χ0n) is 13.2. The molecular weight excluding hydrogens is 320 g/mol. The third kappa shape index (κ3) is 8.27. The molecule has 3 amide bonds. The number of amides is 3. The van der Waals surface area contributed by atoms with Gasteiger partial charge in [-0.2, -0.15) is 0 Å². The minimum atomic E-state index is -0.707. The molecule has 0 heterocycles. The summed E-state index contributed by atoms with van der Waals surface area (Å²) < 4.78 is 5.36. The molecule has 0 aliphatic heterocycles. The normalized spacial score (nSPS) is 11.0. The Bertz CT molecular complexity index is 482. The predicted octanol–water partition coefficient (Wildman–Crippen LogP) is 1.61. The number of ether oxygens (including phenoxy) is 1. The van der Waals surface area contributed by atoms with E-state index in [1.54, 1.807) is 24.3 Å². The molecule has 1 aromatic rings. The van der Waals surface area contributed by atoms with Crippen molar-refractivity contribution in [2.75, 3.05) is 18.5 Å². The van der Waals surface area contributed by atoms with Crippen LogP contribution >= 0.6 is 12.4 Å². The highest BCUT2D eigenvalue weighted by atomic mass is 35.5. The van der Waals surface area contributed by atoms with E-state index in [0.717, 1.165) is 12.8 Å². The molecule has 0 aromatic heterocycles. The molecular formula is C15H25ClN4O3. The van der Waals surface area contributed by atoms with Crippen molar-refractivity contribution >= 4 is 30.0 Å². The lowest BCUT2D eigenvalue weighted by Crippen LogP contribution is -2.46. The van der Waals surface area contributed by atoms with Crippen LogP contribution in [0.3, 0.4) is 0 Å². The van der Waals surface area contributed by atoms with Gasteiger partial charge in [-0.25, -0.2) is 4.79 Å². The average Bonchev–Trinajstić information content (AvgIpc) is 2.50. The van der Waals surface area contributed by atoms with Gasteiger partial charge in [0.25, 0.3) is 0 Å². The number of halogens is 1. The Balaban J connectivity index is 0.00000484. The fourth-order valence-electron chi connectivity index (χ4n) is 1.89. The van der Waals surface area contributed by atoms with E-state index in [9.17, 15) is 9.59 Å². The van der Waals surface area contributed by atoms with Gasteiger partial charge in [0.2, 0.25) is 5.91 Å². The molecule has 8 heteroatoms. The van der Waals surface area contributed by atoms with Gasteiger partial charge in [0.05, 0.1) is 0 Å². The van der Waals surface area contributed by atoms with E-state index in [2.05, 4.69) is 10.6 Å². The van der Waals surface area contributed by atoms with E-state index in [1.807, 2.05) is 6.92 Å². The molecule has 1 unspecified atom stereocenters. The summed E-state index contributed by atoms with van der Waals surface area (Å²) in [5.74, 6) is 0.393. The van der Waals surface area contributed by atoms with Crippen LogP contribution in [-0.4, -0.2) is 31.1 Å². The lowest BCUT2D eigenvalue weighted by Gasteiger charge is -2.17. The second-order valence-electron chi connectivity index (χ2n) is 4.85. The van der Waals surface area contributed by atoms with Crippen LogP contribution in [0.5, 0.6) is 5.75 Å². The first-order valence-corrected chi connectivity index (χ1v) is 7.36. The average molecular weight is 345 g/mol. The summed E-state index contributed by atoms with van der Waals surface area (Å²) in [5, 5.41) is 5.21. The number of benzene rings is 1. The van der Waals surface area contributed by atoms with E-state index in [4.69, 9.17) is 16.2 Å². The molecule has 1 rings (SSSR count). The number of rotatable bonds is 9. The summed E-state index contributed by atoms with van der Waals surface area (Å²) >= 11 is 0. The first kappa shape index (κ1) is 21.0. The molecule has 0 aliphatic carbocycles. The largest absolute Gasteiger partial charge is 0.492 e. The highest BCUT2D eigenvalue weighted by Crippen LogP contribution is 2.16. The van der Waals surface area contributed by atoms with Crippen LogP contribution in [-0.2, 0) is 4.79 Å². The first-order valence-electron chi connectivity index (χ1n) is 7.36. The number of nitrogens with one attached hydrogen (secondary N) is 2. The minimum Gasteiger partial charge on any atom is -0.492 e. The van der Waals surface area contributed by atoms with Crippen molar-refractivity contribution in [3.63, 3.8) is 0 Å². The van der Waals surface area contributed by atoms with Crippen LogP contribution in [0.15, 0.2) is 24.3 Å². The molecule has 130 valence electrons. The zero-order valence-corrected chi connectivity index (χ0v) is 14.0. The van der Waals surface area contributed by atoms with Gasteiger partial charge in [0, 0.05) is 12.2 Å². The summed E-state index contributed by atoms with van der Waals surface area (Å²) in [4.78, 5) is 23.2. The van der Waals surface area contributed by atoms with Crippen molar-refractivity contribution in [1.82, 2.24) is 5.32 Å². The van der Waals surface area contributed by atoms with Gasteiger partial charge in [-0.15, -0.1) is 12.4 Å². The number of nitrogens with two attached hydrogens (primary N) is 2. The number of hydrogen-bond acceptors (Lipinski definition) is 4. The number of unbranched alkanes of at least 4 members (excludes halogenated alkanes) is 1. The highest BCUT2D eigenvalue weighted by molar-refractivity contribution is 5.96. The molecule has 6 N–H and O–H groups in total. The minimum absolute atomic E-state index is 0. The topological polar surface area (TPSA) is 119 Å². The molecule has 0 fully saturated rings. The Kier molecular flexibility index (Phi) is 10.6. The van der Waals surface area contributed by atoms with Gasteiger partial charge >= 0.3 is 6.03 Å². The fourth-order valence-corrected chi connectivity index (χ4v) is 1.89. The van der Waals surface area contributed by atoms with Crippen LogP contribution in [0.25, 0.3) is 0 Å². The molecule has 1 atom stereocenters. The maximum absolute atomic E-state index is 12.2. The number of carbonyl (C=O) groups is 2.